The number of hydrogen-bond acceptors (Lipinski definition) is 5. The number of anilines is 1. The number of ether oxygens (including phenoxy) is 1. The van der Waals surface area contributed by atoms with Crippen molar-refractivity contribution < 1.29 is 4.74 Å². The number of nitrogen functional groups attached to an aromatic ring is 1. The summed E-state index contributed by atoms with van der Waals surface area (Å²) < 4.78 is 5.68. The molecule has 0 bridgehead atoms. The zero-order valence-corrected chi connectivity index (χ0v) is 10.8. The van der Waals surface area contributed by atoms with Crippen LogP contribution in [0.15, 0.2) is 24.4 Å². The maximum atomic E-state index is 5.87. The smallest absolute Gasteiger partial charge is 0.197 e. The van der Waals surface area contributed by atoms with Gasteiger partial charge in [-0.3, -0.25) is 5.43 Å². The van der Waals surface area contributed by atoms with E-state index in [1.165, 1.54) is 11.3 Å². The van der Waals surface area contributed by atoms with Crippen molar-refractivity contribution in [3.05, 3.63) is 39.9 Å². The van der Waals surface area contributed by atoms with E-state index in [1.54, 1.807) is 6.20 Å². The molecule has 90 valence electrons. The second kappa shape index (κ2) is 5.35. The van der Waals surface area contributed by atoms with Crippen LogP contribution >= 0.6 is 22.9 Å². The summed E-state index contributed by atoms with van der Waals surface area (Å²) in [6.07, 6.45) is 1.74. The van der Waals surface area contributed by atoms with Gasteiger partial charge in [0.2, 0.25) is 0 Å². The molecule has 0 unspecified atom stereocenters. The van der Waals surface area contributed by atoms with E-state index in [9.17, 15) is 0 Å². The number of aromatic nitrogens is 1. The molecule has 0 radical (unpaired) electrons. The third-order valence-electron chi connectivity index (χ3n) is 2.18. The van der Waals surface area contributed by atoms with E-state index >= 15 is 0 Å². The standard InChI is InChI=1S/C11H12ClN3OS/c1-7-4-8(12)2-3-10(7)16-6-9-5-14-11(15-13)17-9/h2-5H,6,13H2,1H3,(H,14,15). The Morgan fingerprint density at radius 3 is 3.00 bits per heavy atom. The van der Waals surface area contributed by atoms with Crippen molar-refractivity contribution in [2.45, 2.75) is 13.5 Å². The second-order valence-corrected chi connectivity index (χ2v) is 5.03. The van der Waals surface area contributed by atoms with Crippen molar-refractivity contribution >= 4 is 28.1 Å². The highest BCUT2D eigenvalue weighted by molar-refractivity contribution is 7.15. The Hall–Kier alpha value is -1.30. The van der Waals surface area contributed by atoms with E-state index in [0.717, 1.165) is 16.2 Å². The molecule has 2 aromatic rings. The first-order valence-electron chi connectivity index (χ1n) is 4.99. The number of hydrogen-bond donors (Lipinski definition) is 2. The molecule has 17 heavy (non-hydrogen) atoms. The fraction of sp³-hybridized carbons (Fsp3) is 0.182. The van der Waals surface area contributed by atoms with Crippen LogP contribution in [0.2, 0.25) is 5.02 Å². The number of aryl methyl sites for hydroxylation is 1. The third-order valence-corrected chi connectivity index (χ3v) is 3.32. The maximum absolute atomic E-state index is 5.87. The molecule has 3 N–H and O–H groups in total. The minimum Gasteiger partial charge on any atom is -0.488 e. The quantitative estimate of drug-likeness (QED) is 0.662. The van der Waals surface area contributed by atoms with Crippen LogP contribution in [-0.2, 0) is 6.61 Å². The zero-order chi connectivity index (χ0) is 12.3. The minimum atomic E-state index is 0.474. The molecule has 0 aliphatic rings. The van der Waals surface area contributed by atoms with Crippen LogP contribution in [0.1, 0.15) is 10.4 Å². The van der Waals surface area contributed by atoms with Crippen LogP contribution < -0.4 is 16.0 Å². The fourth-order valence-electron chi connectivity index (χ4n) is 1.36. The maximum Gasteiger partial charge on any atom is 0.197 e. The summed E-state index contributed by atoms with van der Waals surface area (Å²) in [6.45, 7) is 2.43. The molecule has 0 fully saturated rings. The van der Waals surface area contributed by atoms with Crippen LogP contribution in [0.3, 0.4) is 0 Å². The molecule has 0 aliphatic heterocycles. The molecule has 1 aromatic heterocycles. The fourth-order valence-corrected chi connectivity index (χ4v) is 2.23. The van der Waals surface area contributed by atoms with Crippen LogP contribution in [0, 0.1) is 6.92 Å². The number of rotatable bonds is 4. The average Bonchev–Trinajstić information content (AvgIpc) is 2.76. The van der Waals surface area contributed by atoms with Crippen molar-refractivity contribution in [2.24, 2.45) is 5.84 Å². The summed E-state index contributed by atoms with van der Waals surface area (Å²) in [5.74, 6) is 6.08. The van der Waals surface area contributed by atoms with E-state index in [0.29, 0.717) is 16.8 Å². The van der Waals surface area contributed by atoms with Crippen molar-refractivity contribution in [1.29, 1.82) is 0 Å². The van der Waals surface area contributed by atoms with Crippen molar-refractivity contribution in [3.8, 4) is 5.75 Å². The Morgan fingerprint density at radius 1 is 1.53 bits per heavy atom. The van der Waals surface area contributed by atoms with Crippen LogP contribution in [0.25, 0.3) is 0 Å². The molecule has 0 aliphatic carbocycles. The van der Waals surface area contributed by atoms with E-state index in [1.807, 2.05) is 25.1 Å². The van der Waals surface area contributed by atoms with Crippen LogP contribution in [-0.4, -0.2) is 4.98 Å². The largest absolute Gasteiger partial charge is 0.488 e. The van der Waals surface area contributed by atoms with Gasteiger partial charge in [-0.1, -0.05) is 22.9 Å². The molecular formula is C11H12ClN3OS. The Kier molecular flexibility index (Phi) is 3.83. The van der Waals surface area contributed by atoms with Gasteiger partial charge in [-0.15, -0.1) is 0 Å². The molecule has 0 saturated heterocycles. The monoisotopic (exact) mass is 269 g/mol. The summed E-state index contributed by atoms with van der Waals surface area (Å²) in [4.78, 5) is 5.07. The number of nitrogens with zero attached hydrogens (tertiary/aromatic N) is 1. The van der Waals surface area contributed by atoms with E-state index < -0.39 is 0 Å². The number of nitrogens with one attached hydrogen (secondary N) is 1. The van der Waals surface area contributed by atoms with E-state index in [-0.39, 0.29) is 0 Å². The lowest BCUT2D eigenvalue weighted by atomic mass is 10.2. The predicted octanol–water partition coefficient (Wildman–Crippen LogP) is 2.97. The van der Waals surface area contributed by atoms with Crippen LogP contribution in [0.4, 0.5) is 5.13 Å². The number of thiazole rings is 1. The van der Waals surface area contributed by atoms with Crippen molar-refractivity contribution in [1.82, 2.24) is 4.98 Å². The lowest BCUT2D eigenvalue weighted by Crippen LogP contribution is -2.05. The number of halogens is 1. The number of nitrogens with two attached hydrogens (primary N) is 1. The molecule has 1 aromatic carbocycles. The van der Waals surface area contributed by atoms with Gasteiger partial charge < -0.3 is 4.74 Å². The van der Waals surface area contributed by atoms with E-state index in [4.69, 9.17) is 22.2 Å². The average molecular weight is 270 g/mol. The Morgan fingerprint density at radius 2 is 2.35 bits per heavy atom. The topological polar surface area (TPSA) is 60.2 Å². The van der Waals surface area contributed by atoms with Crippen LogP contribution in [0.5, 0.6) is 5.75 Å². The van der Waals surface area contributed by atoms with Gasteiger partial charge >= 0.3 is 0 Å². The highest BCUT2D eigenvalue weighted by Crippen LogP contribution is 2.24. The number of benzene rings is 1. The van der Waals surface area contributed by atoms with Gasteiger partial charge in [0.1, 0.15) is 12.4 Å². The first kappa shape index (κ1) is 12.2. The Balaban J connectivity index is 2.02. The normalized spacial score (nSPS) is 10.3. The highest BCUT2D eigenvalue weighted by Gasteiger charge is 2.04. The highest BCUT2D eigenvalue weighted by atomic mass is 35.5. The molecular weight excluding hydrogens is 258 g/mol. The molecule has 0 spiro atoms. The van der Waals surface area contributed by atoms with Gasteiger partial charge in [-0.25, -0.2) is 10.8 Å². The Labute approximate surface area is 108 Å². The van der Waals surface area contributed by atoms with Gasteiger partial charge in [0.05, 0.1) is 4.88 Å². The molecule has 0 saturated carbocycles. The number of hydrazine groups is 1. The summed E-state index contributed by atoms with van der Waals surface area (Å²) in [5.41, 5.74) is 3.51. The molecule has 0 atom stereocenters. The molecule has 2 rings (SSSR count). The summed E-state index contributed by atoms with van der Waals surface area (Å²) in [5, 5.41) is 1.39. The lowest BCUT2D eigenvalue weighted by molar-refractivity contribution is 0.307. The van der Waals surface area contributed by atoms with E-state index in [2.05, 4.69) is 10.4 Å². The van der Waals surface area contributed by atoms with Crippen molar-refractivity contribution in [2.75, 3.05) is 5.43 Å². The minimum absolute atomic E-state index is 0.474. The molecule has 6 heteroatoms. The van der Waals surface area contributed by atoms with Gasteiger partial charge in [-0.05, 0) is 30.7 Å². The summed E-state index contributed by atoms with van der Waals surface area (Å²) >= 11 is 7.33. The molecule has 4 nitrogen and oxygen atoms in total. The predicted molar refractivity (Wildman–Crippen MR) is 70.4 cm³/mol. The third kappa shape index (κ3) is 3.09. The first-order valence-corrected chi connectivity index (χ1v) is 6.19. The summed E-state index contributed by atoms with van der Waals surface area (Å²) in [7, 11) is 0. The van der Waals surface area contributed by atoms with Crippen molar-refractivity contribution in [3.63, 3.8) is 0 Å². The van der Waals surface area contributed by atoms with Gasteiger partial charge in [0, 0.05) is 11.2 Å². The second-order valence-electron chi connectivity index (χ2n) is 3.47. The molecule has 1 heterocycles. The zero-order valence-electron chi connectivity index (χ0n) is 9.24. The molecule has 0 amide bonds. The first-order chi connectivity index (χ1) is 8.19. The van der Waals surface area contributed by atoms with Gasteiger partial charge in [-0.2, -0.15) is 0 Å². The lowest BCUT2D eigenvalue weighted by Gasteiger charge is -2.07. The summed E-state index contributed by atoms with van der Waals surface area (Å²) in [6, 6.07) is 5.54. The van der Waals surface area contributed by atoms with Gasteiger partial charge in [0.15, 0.2) is 5.13 Å². The van der Waals surface area contributed by atoms with Gasteiger partial charge in [0.25, 0.3) is 0 Å². The SMILES string of the molecule is Cc1cc(Cl)ccc1OCc1cnc(NN)s1. The Bertz CT molecular complexity index is 515.